The number of hydrogen-bond donors (Lipinski definition) is 1. The van der Waals surface area contributed by atoms with Gasteiger partial charge in [0.15, 0.2) is 5.76 Å². The molecule has 5 heteroatoms. The van der Waals surface area contributed by atoms with Gasteiger partial charge >= 0.3 is 0 Å². The van der Waals surface area contributed by atoms with Crippen molar-refractivity contribution in [2.24, 2.45) is 5.73 Å². The molecule has 0 radical (unpaired) electrons. The minimum atomic E-state index is 0.237. The van der Waals surface area contributed by atoms with E-state index >= 15 is 0 Å². The van der Waals surface area contributed by atoms with Crippen molar-refractivity contribution in [2.75, 3.05) is 18.0 Å². The maximum Gasteiger partial charge on any atom is 0.152 e. The summed E-state index contributed by atoms with van der Waals surface area (Å²) >= 11 is 0. The number of rotatable bonds is 2. The number of anilines is 1. The smallest absolute Gasteiger partial charge is 0.152 e. The van der Waals surface area contributed by atoms with E-state index in [1.165, 1.54) is 0 Å². The molecule has 3 rings (SSSR count). The summed E-state index contributed by atoms with van der Waals surface area (Å²) in [5.41, 5.74) is 6.80. The highest BCUT2D eigenvalue weighted by Gasteiger charge is 2.18. The van der Waals surface area contributed by atoms with E-state index in [9.17, 15) is 0 Å². The summed E-state index contributed by atoms with van der Waals surface area (Å²) in [6, 6.07) is 5.94. The first kappa shape index (κ1) is 11.2. The quantitative estimate of drug-likeness (QED) is 0.870. The van der Waals surface area contributed by atoms with Crippen LogP contribution in [0.25, 0.3) is 11.5 Å². The number of nitrogens with zero attached hydrogens (tertiary/aromatic N) is 3. The number of piperidine rings is 1. The average molecular weight is 244 g/mol. The molecule has 0 spiro atoms. The van der Waals surface area contributed by atoms with Gasteiger partial charge in [0.1, 0.15) is 17.8 Å². The zero-order chi connectivity index (χ0) is 12.4. The zero-order valence-corrected chi connectivity index (χ0v) is 10.1. The van der Waals surface area contributed by atoms with Gasteiger partial charge in [0.05, 0.1) is 6.26 Å². The minimum Gasteiger partial charge on any atom is -0.463 e. The van der Waals surface area contributed by atoms with Crippen molar-refractivity contribution in [3.05, 3.63) is 30.8 Å². The molecule has 0 bridgehead atoms. The van der Waals surface area contributed by atoms with E-state index in [4.69, 9.17) is 10.2 Å². The molecule has 5 nitrogen and oxygen atoms in total. The van der Waals surface area contributed by atoms with Crippen LogP contribution in [0, 0.1) is 0 Å². The summed E-state index contributed by atoms with van der Waals surface area (Å²) in [7, 11) is 0. The van der Waals surface area contributed by atoms with Crippen molar-refractivity contribution in [3.63, 3.8) is 0 Å². The lowest BCUT2D eigenvalue weighted by molar-refractivity contribution is 0.503. The van der Waals surface area contributed by atoms with Crippen molar-refractivity contribution in [2.45, 2.75) is 18.9 Å². The topological polar surface area (TPSA) is 68.2 Å². The molecule has 1 atom stereocenters. The van der Waals surface area contributed by atoms with Crippen molar-refractivity contribution in [3.8, 4) is 11.5 Å². The van der Waals surface area contributed by atoms with Crippen LogP contribution in [0.1, 0.15) is 12.8 Å². The Morgan fingerprint density at radius 3 is 3.11 bits per heavy atom. The van der Waals surface area contributed by atoms with Gasteiger partial charge in [0.2, 0.25) is 0 Å². The highest BCUT2D eigenvalue weighted by Crippen LogP contribution is 2.22. The third-order valence-corrected chi connectivity index (χ3v) is 3.21. The summed E-state index contributed by atoms with van der Waals surface area (Å²) in [6.07, 6.45) is 5.43. The van der Waals surface area contributed by atoms with E-state index in [1.807, 2.05) is 18.2 Å². The Balaban J connectivity index is 1.86. The molecule has 1 aliphatic rings. The molecule has 3 heterocycles. The Bertz CT molecular complexity index is 511. The fraction of sp³-hybridized carbons (Fsp3) is 0.385. The first-order valence-corrected chi connectivity index (χ1v) is 6.19. The molecule has 0 aromatic carbocycles. The fourth-order valence-electron chi connectivity index (χ4n) is 2.30. The van der Waals surface area contributed by atoms with Gasteiger partial charge in [0, 0.05) is 25.2 Å². The molecule has 0 saturated carbocycles. The van der Waals surface area contributed by atoms with Crippen LogP contribution in [-0.4, -0.2) is 29.1 Å². The van der Waals surface area contributed by atoms with Crippen molar-refractivity contribution >= 4 is 5.82 Å². The summed E-state index contributed by atoms with van der Waals surface area (Å²) in [4.78, 5) is 10.8. The highest BCUT2D eigenvalue weighted by molar-refractivity contribution is 5.57. The van der Waals surface area contributed by atoms with Crippen LogP contribution >= 0.6 is 0 Å². The van der Waals surface area contributed by atoms with E-state index in [-0.39, 0.29) is 6.04 Å². The largest absolute Gasteiger partial charge is 0.463 e. The lowest BCUT2D eigenvalue weighted by Gasteiger charge is -2.31. The molecule has 2 aromatic rings. The first-order chi connectivity index (χ1) is 8.83. The summed E-state index contributed by atoms with van der Waals surface area (Å²) in [6.45, 7) is 1.86. The molecule has 0 amide bonds. The zero-order valence-electron chi connectivity index (χ0n) is 10.1. The Morgan fingerprint density at radius 1 is 1.39 bits per heavy atom. The molecule has 0 aliphatic carbocycles. The fourth-order valence-corrected chi connectivity index (χ4v) is 2.30. The van der Waals surface area contributed by atoms with E-state index in [0.29, 0.717) is 0 Å². The molecule has 2 aromatic heterocycles. The Labute approximate surface area is 106 Å². The number of nitrogens with two attached hydrogens (primary N) is 1. The predicted octanol–water partition coefficient (Wildman–Crippen LogP) is 1.66. The maximum absolute atomic E-state index is 5.99. The van der Waals surface area contributed by atoms with Crippen molar-refractivity contribution < 1.29 is 4.42 Å². The molecule has 1 saturated heterocycles. The summed E-state index contributed by atoms with van der Waals surface area (Å²) < 4.78 is 5.35. The lowest BCUT2D eigenvalue weighted by atomic mass is 10.1. The van der Waals surface area contributed by atoms with Crippen LogP contribution in [0.15, 0.2) is 35.2 Å². The highest BCUT2D eigenvalue weighted by atomic mass is 16.3. The first-order valence-electron chi connectivity index (χ1n) is 6.19. The average Bonchev–Trinajstić information content (AvgIpc) is 2.93. The maximum atomic E-state index is 5.99. The second kappa shape index (κ2) is 4.78. The van der Waals surface area contributed by atoms with Gasteiger partial charge in [-0.15, -0.1) is 0 Å². The second-order valence-corrected chi connectivity index (χ2v) is 4.59. The Kier molecular flexibility index (Phi) is 2.98. The molecular weight excluding hydrogens is 228 g/mol. The van der Waals surface area contributed by atoms with Crippen molar-refractivity contribution in [1.82, 2.24) is 9.97 Å². The van der Waals surface area contributed by atoms with Crippen LogP contribution in [0.2, 0.25) is 0 Å². The van der Waals surface area contributed by atoms with E-state index in [0.717, 1.165) is 43.2 Å². The third kappa shape index (κ3) is 2.22. The molecular formula is C13H16N4O. The number of aromatic nitrogens is 2. The molecule has 2 N–H and O–H groups in total. The monoisotopic (exact) mass is 244 g/mol. The van der Waals surface area contributed by atoms with Gasteiger partial charge in [-0.1, -0.05) is 0 Å². The standard InChI is InChI=1S/C13H16N4O/c14-10-3-1-5-17(8-10)13-7-11(15-9-16-13)12-4-2-6-18-12/h2,4,6-7,9-10H,1,3,5,8,14H2. The van der Waals surface area contributed by atoms with Crippen molar-refractivity contribution in [1.29, 1.82) is 0 Å². The number of hydrogen-bond acceptors (Lipinski definition) is 5. The van der Waals surface area contributed by atoms with Gasteiger partial charge in [-0.3, -0.25) is 0 Å². The van der Waals surface area contributed by atoms with Crippen LogP contribution in [0.5, 0.6) is 0 Å². The van der Waals surface area contributed by atoms with E-state index in [2.05, 4.69) is 14.9 Å². The molecule has 18 heavy (non-hydrogen) atoms. The SMILES string of the molecule is NC1CCCN(c2cc(-c3ccco3)ncn2)C1. The molecule has 1 fully saturated rings. The number of furan rings is 1. The van der Waals surface area contributed by atoms with Gasteiger partial charge in [-0.2, -0.15) is 0 Å². The predicted molar refractivity (Wildman–Crippen MR) is 69.2 cm³/mol. The van der Waals surface area contributed by atoms with Gasteiger partial charge in [-0.05, 0) is 25.0 Å². The van der Waals surface area contributed by atoms with Gasteiger partial charge < -0.3 is 15.1 Å². The summed E-state index contributed by atoms with van der Waals surface area (Å²) in [5, 5.41) is 0. The van der Waals surface area contributed by atoms with Gasteiger partial charge in [0.25, 0.3) is 0 Å². The molecule has 94 valence electrons. The second-order valence-electron chi connectivity index (χ2n) is 4.59. The minimum absolute atomic E-state index is 0.237. The van der Waals surface area contributed by atoms with Crippen LogP contribution < -0.4 is 10.6 Å². The third-order valence-electron chi connectivity index (χ3n) is 3.21. The summed E-state index contributed by atoms with van der Waals surface area (Å²) in [5.74, 6) is 1.69. The Hall–Kier alpha value is -1.88. The van der Waals surface area contributed by atoms with Crippen LogP contribution in [0.3, 0.4) is 0 Å². The molecule has 1 unspecified atom stereocenters. The van der Waals surface area contributed by atoms with E-state index < -0.39 is 0 Å². The van der Waals surface area contributed by atoms with Crippen LogP contribution in [0.4, 0.5) is 5.82 Å². The molecule has 1 aliphatic heterocycles. The lowest BCUT2D eigenvalue weighted by Crippen LogP contribution is -2.43. The Morgan fingerprint density at radius 2 is 2.33 bits per heavy atom. The van der Waals surface area contributed by atoms with Gasteiger partial charge in [-0.25, -0.2) is 9.97 Å². The van der Waals surface area contributed by atoms with E-state index in [1.54, 1.807) is 12.6 Å². The normalized spacial score (nSPS) is 20.1. The van der Waals surface area contributed by atoms with Crippen LogP contribution in [-0.2, 0) is 0 Å².